The van der Waals surface area contributed by atoms with Crippen molar-refractivity contribution in [2.75, 3.05) is 5.32 Å². The summed E-state index contributed by atoms with van der Waals surface area (Å²) in [6, 6.07) is 30.5. The molecule has 1 heterocycles. The summed E-state index contributed by atoms with van der Waals surface area (Å²) in [7, 11) is 0. The Morgan fingerprint density at radius 2 is 1.40 bits per heavy atom. The molecule has 1 aromatic heterocycles. The Labute approximate surface area is 181 Å². The van der Waals surface area contributed by atoms with Gasteiger partial charge in [-0.15, -0.1) is 11.3 Å². The first-order valence-electron chi connectivity index (χ1n) is 10.2. The minimum absolute atomic E-state index is 0.00611. The molecule has 3 nitrogen and oxygen atoms in total. The zero-order chi connectivity index (χ0) is 20.8. The summed E-state index contributed by atoms with van der Waals surface area (Å²) in [6.07, 6.45) is 1.25. The first-order chi connectivity index (χ1) is 14.7. The molecule has 0 unspecified atom stereocenters. The molecule has 0 saturated carbocycles. The second-order valence-electron chi connectivity index (χ2n) is 7.14. The van der Waals surface area contributed by atoms with Gasteiger partial charge in [-0.2, -0.15) is 0 Å². The molecule has 0 atom stereocenters. The number of nitrogens with zero attached hydrogens (tertiary/aromatic N) is 1. The van der Waals surface area contributed by atoms with Crippen LogP contribution >= 0.6 is 11.3 Å². The summed E-state index contributed by atoms with van der Waals surface area (Å²) < 4.78 is 0. The van der Waals surface area contributed by atoms with Crippen LogP contribution in [-0.4, -0.2) is 10.9 Å². The summed E-state index contributed by atoms with van der Waals surface area (Å²) in [5.74, 6) is -0.0182. The predicted octanol–water partition coefficient (Wildman–Crippen LogP) is 6.53. The fraction of sp³-hybridized carbons (Fsp3) is 0.154. The zero-order valence-corrected chi connectivity index (χ0v) is 17.7. The third kappa shape index (κ3) is 4.66. The van der Waals surface area contributed by atoms with Crippen molar-refractivity contribution in [1.82, 2.24) is 4.98 Å². The maximum atomic E-state index is 13.0. The van der Waals surface area contributed by atoms with Gasteiger partial charge in [0.1, 0.15) is 0 Å². The molecule has 30 heavy (non-hydrogen) atoms. The minimum atomic E-state index is -0.0243. The Hall–Kier alpha value is -3.24. The molecule has 150 valence electrons. The molecule has 0 fully saturated rings. The molecule has 1 N–H and O–H groups in total. The fourth-order valence-electron chi connectivity index (χ4n) is 3.62. The summed E-state index contributed by atoms with van der Waals surface area (Å²) >= 11 is 1.56. The molecular weight excluding hydrogens is 388 g/mol. The van der Waals surface area contributed by atoms with Crippen molar-refractivity contribution in [3.63, 3.8) is 0 Å². The van der Waals surface area contributed by atoms with Gasteiger partial charge < -0.3 is 5.32 Å². The highest BCUT2D eigenvalue weighted by molar-refractivity contribution is 7.16. The van der Waals surface area contributed by atoms with Crippen molar-refractivity contribution in [2.24, 2.45) is 0 Å². The number of thiazole rings is 1. The fourth-order valence-corrected chi connectivity index (χ4v) is 4.56. The number of aryl methyl sites for hydroxylation is 1. The Kier molecular flexibility index (Phi) is 6.35. The van der Waals surface area contributed by atoms with E-state index >= 15 is 0 Å². The van der Waals surface area contributed by atoms with Crippen LogP contribution in [-0.2, 0) is 11.2 Å². The quantitative estimate of drug-likeness (QED) is 0.375. The van der Waals surface area contributed by atoms with Crippen molar-refractivity contribution >= 4 is 22.4 Å². The highest BCUT2D eigenvalue weighted by Gasteiger charge is 2.20. The van der Waals surface area contributed by atoms with E-state index in [0.717, 1.165) is 28.8 Å². The van der Waals surface area contributed by atoms with E-state index < -0.39 is 0 Å². The maximum absolute atomic E-state index is 13.0. The van der Waals surface area contributed by atoms with Crippen LogP contribution < -0.4 is 5.32 Å². The van der Waals surface area contributed by atoms with Crippen LogP contribution in [0.2, 0.25) is 0 Å². The number of benzene rings is 3. The molecule has 4 heteroatoms. The summed E-state index contributed by atoms with van der Waals surface area (Å²) in [5, 5.41) is 3.71. The van der Waals surface area contributed by atoms with Crippen molar-refractivity contribution in [1.29, 1.82) is 0 Å². The minimum Gasteiger partial charge on any atom is -0.302 e. The predicted molar refractivity (Wildman–Crippen MR) is 125 cm³/mol. The third-order valence-corrected chi connectivity index (χ3v) is 6.22. The molecule has 3 aromatic carbocycles. The number of anilines is 1. The first-order valence-corrected chi connectivity index (χ1v) is 11.0. The first kappa shape index (κ1) is 20.0. The molecular formula is C26H24N2OS. The van der Waals surface area contributed by atoms with Gasteiger partial charge in [0.05, 0.1) is 5.69 Å². The number of rotatable bonds is 7. The van der Waals surface area contributed by atoms with Crippen molar-refractivity contribution in [3.8, 4) is 11.3 Å². The Morgan fingerprint density at radius 1 is 0.867 bits per heavy atom. The smallest absolute Gasteiger partial charge is 0.227 e. The van der Waals surface area contributed by atoms with Crippen LogP contribution in [0.5, 0.6) is 0 Å². The number of carbonyl (C=O) groups is 1. The lowest BCUT2D eigenvalue weighted by molar-refractivity contribution is -0.116. The largest absolute Gasteiger partial charge is 0.302 e. The lowest BCUT2D eigenvalue weighted by atomic mass is 9.88. The third-order valence-electron chi connectivity index (χ3n) is 5.11. The van der Waals surface area contributed by atoms with Crippen LogP contribution in [0.15, 0.2) is 91.0 Å². The summed E-state index contributed by atoms with van der Waals surface area (Å²) in [4.78, 5) is 18.9. The monoisotopic (exact) mass is 412 g/mol. The molecule has 0 aliphatic carbocycles. The van der Waals surface area contributed by atoms with Crippen molar-refractivity contribution < 1.29 is 4.79 Å². The highest BCUT2D eigenvalue weighted by atomic mass is 32.1. The second kappa shape index (κ2) is 9.51. The van der Waals surface area contributed by atoms with E-state index in [4.69, 9.17) is 4.98 Å². The van der Waals surface area contributed by atoms with Gasteiger partial charge >= 0.3 is 0 Å². The van der Waals surface area contributed by atoms with Gasteiger partial charge in [-0.3, -0.25) is 4.79 Å². The summed E-state index contributed by atoms with van der Waals surface area (Å²) in [5.41, 5.74) is 4.31. The van der Waals surface area contributed by atoms with Crippen LogP contribution in [0.3, 0.4) is 0 Å². The SMILES string of the molecule is CCc1sc(NC(=O)CC(c2ccccc2)c2ccccc2)nc1-c1ccccc1. The van der Waals surface area contributed by atoms with E-state index in [-0.39, 0.29) is 11.8 Å². The summed E-state index contributed by atoms with van der Waals surface area (Å²) in [6.45, 7) is 2.12. The average Bonchev–Trinajstić information content (AvgIpc) is 3.22. The second-order valence-corrected chi connectivity index (χ2v) is 8.22. The number of carbonyl (C=O) groups excluding carboxylic acids is 1. The number of hydrogen-bond acceptors (Lipinski definition) is 3. The number of amides is 1. The number of nitrogens with one attached hydrogen (secondary N) is 1. The zero-order valence-electron chi connectivity index (χ0n) is 16.9. The van der Waals surface area contributed by atoms with Gasteiger partial charge in [0.15, 0.2) is 5.13 Å². The topological polar surface area (TPSA) is 42.0 Å². The lowest BCUT2D eigenvalue weighted by Crippen LogP contribution is -2.16. The van der Waals surface area contributed by atoms with E-state index in [1.807, 2.05) is 54.6 Å². The molecule has 0 saturated heterocycles. The van der Waals surface area contributed by atoms with Crippen LogP contribution in [0.25, 0.3) is 11.3 Å². The van der Waals surface area contributed by atoms with Gasteiger partial charge in [-0.05, 0) is 17.5 Å². The molecule has 0 spiro atoms. The molecule has 0 bridgehead atoms. The molecule has 4 rings (SSSR count). The van der Waals surface area contributed by atoms with Gasteiger partial charge in [0, 0.05) is 22.8 Å². The Morgan fingerprint density at radius 3 is 1.93 bits per heavy atom. The molecule has 4 aromatic rings. The lowest BCUT2D eigenvalue weighted by Gasteiger charge is -2.17. The number of aromatic nitrogens is 1. The molecule has 0 aliphatic rings. The highest BCUT2D eigenvalue weighted by Crippen LogP contribution is 2.33. The van der Waals surface area contributed by atoms with Gasteiger partial charge in [-0.1, -0.05) is 97.9 Å². The van der Waals surface area contributed by atoms with E-state index in [0.29, 0.717) is 11.6 Å². The van der Waals surface area contributed by atoms with Crippen LogP contribution in [0, 0.1) is 0 Å². The van der Waals surface area contributed by atoms with E-state index in [1.165, 1.54) is 4.88 Å². The van der Waals surface area contributed by atoms with E-state index in [2.05, 4.69) is 48.6 Å². The molecule has 0 radical (unpaired) electrons. The van der Waals surface area contributed by atoms with Gasteiger partial charge in [0.25, 0.3) is 0 Å². The molecule has 0 aliphatic heterocycles. The van der Waals surface area contributed by atoms with Gasteiger partial charge in [-0.25, -0.2) is 4.98 Å². The van der Waals surface area contributed by atoms with E-state index in [1.54, 1.807) is 11.3 Å². The average molecular weight is 413 g/mol. The Bertz CT molecular complexity index is 1050. The maximum Gasteiger partial charge on any atom is 0.227 e. The van der Waals surface area contributed by atoms with Crippen LogP contribution in [0.1, 0.15) is 35.3 Å². The van der Waals surface area contributed by atoms with Crippen molar-refractivity contribution in [3.05, 3.63) is 107 Å². The molecule has 1 amide bonds. The van der Waals surface area contributed by atoms with Crippen LogP contribution in [0.4, 0.5) is 5.13 Å². The van der Waals surface area contributed by atoms with E-state index in [9.17, 15) is 4.79 Å². The standard InChI is InChI=1S/C26H24N2OS/c1-2-23-25(21-16-10-5-11-17-21)28-26(30-23)27-24(29)18-22(19-12-6-3-7-13-19)20-14-8-4-9-15-20/h3-17,22H,2,18H2,1H3,(H,27,28,29). The Balaban J connectivity index is 1.55. The number of hydrogen-bond donors (Lipinski definition) is 1. The normalized spacial score (nSPS) is 10.9. The van der Waals surface area contributed by atoms with Crippen molar-refractivity contribution in [2.45, 2.75) is 25.7 Å². The van der Waals surface area contributed by atoms with Gasteiger partial charge in [0.2, 0.25) is 5.91 Å².